The van der Waals surface area contributed by atoms with Crippen LogP contribution >= 0.6 is 0 Å². The second-order valence-corrected chi connectivity index (χ2v) is 10.2. The molecule has 0 spiro atoms. The summed E-state index contributed by atoms with van der Waals surface area (Å²) < 4.78 is 83.8. The van der Waals surface area contributed by atoms with Gasteiger partial charge in [0.05, 0.1) is 22.9 Å². The molecule has 2 fully saturated rings. The van der Waals surface area contributed by atoms with Crippen molar-refractivity contribution in [1.29, 1.82) is 0 Å². The Morgan fingerprint density at radius 1 is 1.13 bits per heavy atom. The molecular formula is C26H30F6N4O2. The first kappa shape index (κ1) is 28.0. The molecule has 2 heterocycles. The predicted octanol–water partition coefficient (Wildman–Crippen LogP) is 5.36. The van der Waals surface area contributed by atoms with Crippen molar-refractivity contribution in [2.75, 3.05) is 25.5 Å². The predicted molar refractivity (Wildman–Crippen MR) is 130 cm³/mol. The fraction of sp³-hybridized carbons (Fsp3) is 0.538. The second kappa shape index (κ2) is 10.6. The Hall–Kier alpha value is -3.02. The number of nitrogens with zero attached hydrogens (tertiary/aromatic N) is 2. The number of piperidine rings is 1. The summed E-state index contributed by atoms with van der Waals surface area (Å²) in [6.45, 7) is 2.89. The maximum Gasteiger partial charge on any atom is 0.412 e. The van der Waals surface area contributed by atoms with Crippen molar-refractivity contribution in [3.63, 3.8) is 0 Å². The van der Waals surface area contributed by atoms with Crippen molar-refractivity contribution in [2.45, 2.75) is 69.3 Å². The summed E-state index contributed by atoms with van der Waals surface area (Å²) in [6.07, 6.45) is -5.78. The topological polar surface area (TPSA) is 66.4 Å². The number of alkyl halides is 5. The van der Waals surface area contributed by atoms with Crippen LogP contribution in [0.15, 0.2) is 35.3 Å². The van der Waals surface area contributed by atoms with E-state index < -0.39 is 47.0 Å². The number of halogens is 6. The molecule has 4 rings (SSSR count). The average molecular weight is 545 g/mol. The average Bonchev–Trinajstić information content (AvgIpc) is 2.80. The molecule has 2 aromatic rings. The van der Waals surface area contributed by atoms with Gasteiger partial charge in [-0.25, -0.2) is 13.2 Å². The van der Waals surface area contributed by atoms with Crippen LogP contribution in [-0.2, 0) is 5.54 Å². The van der Waals surface area contributed by atoms with E-state index in [2.05, 4.69) is 15.5 Å². The van der Waals surface area contributed by atoms with Crippen LogP contribution < -0.4 is 16.2 Å². The Morgan fingerprint density at radius 3 is 2.32 bits per heavy atom. The van der Waals surface area contributed by atoms with Crippen molar-refractivity contribution in [3.05, 3.63) is 63.3 Å². The van der Waals surface area contributed by atoms with Gasteiger partial charge in [-0.15, -0.1) is 0 Å². The number of pyridine rings is 1. The lowest BCUT2D eigenvalue weighted by atomic mass is 9.75. The largest absolute Gasteiger partial charge is 0.412 e. The number of nitrogens with one attached hydrogen (secondary N) is 2. The van der Waals surface area contributed by atoms with Gasteiger partial charge in [0.2, 0.25) is 0 Å². The van der Waals surface area contributed by atoms with Crippen LogP contribution in [-0.4, -0.2) is 47.7 Å². The Labute approximate surface area is 216 Å². The highest BCUT2D eigenvalue weighted by Crippen LogP contribution is 2.50. The molecule has 1 aliphatic heterocycles. The van der Waals surface area contributed by atoms with Gasteiger partial charge in [0, 0.05) is 23.9 Å². The molecule has 1 saturated carbocycles. The zero-order valence-electron chi connectivity index (χ0n) is 21.0. The van der Waals surface area contributed by atoms with Gasteiger partial charge in [-0.05, 0) is 59.2 Å². The smallest absolute Gasteiger partial charge is 0.381 e. The SMILES string of the molecule is C[C@@H](NC(=O)c1cn(C2(C(F)(F)F)CCC2)c(=O)cc1NC1CCN(C)CC1)c1cccc(C(F)F)c1F. The summed E-state index contributed by atoms with van der Waals surface area (Å²) in [7, 11) is 1.95. The normalized spacial score (nSPS) is 19.2. The van der Waals surface area contributed by atoms with E-state index in [-0.39, 0.29) is 42.1 Å². The lowest BCUT2D eigenvalue weighted by Gasteiger charge is -2.44. The van der Waals surface area contributed by atoms with E-state index in [0.29, 0.717) is 17.4 Å². The van der Waals surface area contributed by atoms with Crippen molar-refractivity contribution in [1.82, 2.24) is 14.8 Å². The number of benzene rings is 1. The molecular weight excluding hydrogens is 514 g/mol. The van der Waals surface area contributed by atoms with Gasteiger partial charge < -0.3 is 15.5 Å². The summed E-state index contributed by atoms with van der Waals surface area (Å²) in [6, 6.07) is 3.22. The quantitative estimate of drug-likeness (QED) is 0.461. The van der Waals surface area contributed by atoms with Crippen LogP contribution in [0, 0.1) is 5.82 Å². The van der Waals surface area contributed by atoms with Gasteiger partial charge in [-0.1, -0.05) is 18.2 Å². The summed E-state index contributed by atoms with van der Waals surface area (Å²) >= 11 is 0. The molecule has 1 amide bonds. The Balaban J connectivity index is 1.71. The number of anilines is 1. The van der Waals surface area contributed by atoms with Crippen LogP contribution in [0.5, 0.6) is 0 Å². The molecule has 1 aromatic heterocycles. The summed E-state index contributed by atoms with van der Waals surface area (Å²) in [5, 5.41) is 5.65. The van der Waals surface area contributed by atoms with E-state index in [9.17, 15) is 35.9 Å². The minimum Gasteiger partial charge on any atom is -0.381 e. The van der Waals surface area contributed by atoms with Crippen LogP contribution in [0.25, 0.3) is 0 Å². The fourth-order valence-corrected chi connectivity index (χ4v) is 5.14. The molecule has 1 atom stereocenters. The molecule has 208 valence electrons. The molecule has 0 radical (unpaired) electrons. The van der Waals surface area contributed by atoms with E-state index >= 15 is 0 Å². The van der Waals surface area contributed by atoms with Gasteiger partial charge in [0.15, 0.2) is 0 Å². The number of likely N-dealkylation sites (tertiary alicyclic amines) is 1. The van der Waals surface area contributed by atoms with Gasteiger partial charge in [-0.3, -0.25) is 14.2 Å². The van der Waals surface area contributed by atoms with E-state index in [1.54, 1.807) is 0 Å². The monoisotopic (exact) mass is 544 g/mol. The third-order valence-electron chi connectivity index (χ3n) is 7.65. The second-order valence-electron chi connectivity index (χ2n) is 10.2. The highest BCUT2D eigenvalue weighted by Gasteiger charge is 2.60. The maximum atomic E-state index is 14.7. The van der Waals surface area contributed by atoms with Gasteiger partial charge >= 0.3 is 6.18 Å². The summed E-state index contributed by atoms with van der Waals surface area (Å²) in [4.78, 5) is 28.4. The molecule has 2 N–H and O–H groups in total. The first-order valence-electron chi connectivity index (χ1n) is 12.5. The lowest BCUT2D eigenvalue weighted by molar-refractivity contribution is -0.240. The minimum absolute atomic E-state index is 0.0731. The fourth-order valence-electron chi connectivity index (χ4n) is 5.14. The van der Waals surface area contributed by atoms with Crippen molar-refractivity contribution >= 4 is 11.6 Å². The number of hydrogen-bond donors (Lipinski definition) is 2. The van der Waals surface area contributed by atoms with Gasteiger partial charge in [-0.2, -0.15) is 13.2 Å². The third-order valence-corrected chi connectivity index (χ3v) is 7.65. The van der Waals surface area contributed by atoms with E-state index in [1.807, 2.05) is 7.05 Å². The Bertz CT molecular complexity index is 1230. The summed E-state index contributed by atoms with van der Waals surface area (Å²) in [5.41, 5.74) is -4.45. The highest BCUT2D eigenvalue weighted by atomic mass is 19.4. The Kier molecular flexibility index (Phi) is 7.83. The van der Waals surface area contributed by atoms with E-state index in [0.717, 1.165) is 31.4 Å². The molecule has 0 bridgehead atoms. The maximum absolute atomic E-state index is 14.7. The minimum atomic E-state index is -4.71. The molecule has 1 aliphatic carbocycles. The zero-order chi connectivity index (χ0) is 27.8. The van der Waals surface area contributed by atoms with E-state index in [1.165, 1.54) is 19.1 Å². The van der Waals surface area contributed by atoms with Gasteiger partial charge in [0.1, 0.15) is 11.4 Å². The third kappa shape index (κ3) is 5.27. The zero-order valence-corrected chi connectivity index (χ0v) is 21.0. The van der Waals surface area contributed by atoms with Crippen molar-refractivity contribution < 1.29 is 31.1 Å². The molecule has 38 heavy (non-hydrogen) atoms. The highest BCUT2D eigenvalue weighted by molar-refractivity contribution is 5.99. The number of carbonyl (C=O) groups is 1. The van der Waals surface area contributed by atoms with Crippen LogP contribution in [0.2, 0.25) is 0 Å². The standard InChI is InChI=1S/C26H30F6N4O2/c1-15(17-5-3-6-18(22(17)27)23(28)29)33-24(38)19-14-36(25(9-4-10-25)26(30,31)32)21(37)13-20(19)34-16-7-11-35(2)12-8-16/h3,5-6,13-16,23,34H,4,7-12H2,1-2H3,(H,33,38)/t15-/m1/s1. The summed E-state index contributed by atoms with van der Waals surface area (Å²) in [5.74, 6) is -2.03. The number of carbonyl (C=O) groups excluding carboxylic acids is 1. The number of amides is 1. The number of rotatable bonds is 7. The number of hydrogen-bond acceptors (Lipinski definition) is 4. The van der Waals surface area contributed by atoms with E-state index in [4.69, 9.17) is 0 Å². The van der Waals surface area contributed by atoms with Crippen LogP contribution in [0.1, 0.15) is 73.0 Å². The van der Waals surface area contributed by atoms with Crippen molar-refractivity contribution in [2.24, 2.45) is 0 Å². The van der Waals surface area contributed by atoms with Crippen LogP contribution in [0.4, 0.5) is 32.0 Å². The Morgan fingerprint density at radius 2 is 1.76 bits per heavy atom. The first-order chi connectivity index (χ1) is 17.8. The van der Waals surface area contributed by atoms with Crippen LogP contribution in [0.3, 0.4) is 0 Å². The molecule has 1 saturated heterocycles. The molecule has 1 aromatic carbocycles. The first-order valence-corrected chi connectivity index (χ1v) is 12.5. The van der Waals surface area contributed by atoms with Crippen molar-refractivity contribution in [3.8, 4) is 0 Å². The lowest BCUT2D eigenvalue weighted by Crippen LogP contribution is -2.56. The molecule has 12 heteroatoms. The molecule has 2 aliphatic rings. The molecule has 0 unspecified atom stereocenters. The molecule has 6 nitrogen and oxygen atoms in total. The number of aromatic nitrogens is 1. The van der Waals surface area contributed by atoms with Gasteiger partial charge in [0.25, 0.3) is 17.9 Å².